The third kappa shape index (κ3) is 2.74. The van der Waals surface area contributed by atoms with E-state index in [2.05, 4.69) is 18.8 Å². The lowest BCUT2D eigenvalue weighted by atomic mass is 10.1. The Bertz CT molecular complexity index is 483. The molecule has 3 nitrogen and oxygen atoms in total. The van der Waals surface area contributed by atoms with Crippen LogP contribution < -0.4 is 0 Å². The van der Waals surface area contributed by atoms with Crippen LogP contribution in [0.4, 0.5) is 0 Å². The van der Waals surface area contributed by atoms with Crippen molar-refractivity contribution in [2.75, 3.05) is 19.7 Å². The van der Waals surface area contributed by atoms with E-state index < -0.39 is 0 Å². The molecule has 0 radical (unpaired) electrons. The molecule has 0 aromatic carbocycles. The van der Waals surface area contributed by atoms with E-state index in [0.29, 0.717) is 10.8 Å². The number of rotatable bonds is 2. The predicted molar refractivity (Wildman–Crippen MR) is 72.6 cm³/mol. The molecule has 18 heavy (non-hydrogen) atoms. The van der Waals surface area contributed by atoms with Crippen LogP contribution in [0.2, 0.25) is 0 Å². The van der Waals surface area contributed by atoms with E-state index in [4.69, 9.17) is 5.11 Å². The molecule has 1 unspecified atom stereocenters. The highest BCUT2D eigenvalue weighted by Gasteiger charge is 2.27. The third-order valence-electron chi connectivity index (χ3n) is 3.31. The van der Waals surface area contributed by atoms with Gasteiger partial charge in [-0.15, -0.1) is 11.3 Å². The molecule has 0 spiro atoms. The van der Waals surface area contributed by atoms with E-state index in [-0.39, 0.29) is 12.5 Å². The van der Waals surface area contributed by atoms with Gasteiger partial charge in [0.15, 0.2) is 0 Å². The van der Waals surface area contributed by atoms with Crippen molar-refractivity contribution in [1.29, 1.82) is 0 Å². The van der Waals surface area contributed by atoms with Crippen LogP contribution in [0.25, 0.3) is 0 Å². The van der Waals surface area contributed by atoms with Crippen molar-refractivity contribution in [1.82, 2.24) is 4.90 Å². The van der Waals surface area contributed by atoms with Crippen LogP contribution in [0.1, 0.15) is 35.0 Å². The van der Waals surface area contributed by atoms with Crippen molar-refractivity contribution in [3.8, 4) is 11.8 Å². The largest absolute Gasteiger partial charge is 0.384 e. The number of carbonyl (C=O) groups excluding carboxylic acids is 1. The Kier molecular flexibility index (Phi) is 4.40. The smallest absolute Gasteiger partial charge is 0.265 e. The fourth-order valence-electron chi connectivity index (χ4n) is 2.20. The molecule has 1 atom stereocenters. The van der Waals surface area contributed by atoms with Gasteiger partial charge in [-0.2, -0.15) is 0 Å². The summed E-state index contributed by atoms with van der Waals surface area (Å²) in [6.07, 6.45) is 2.23. The summed E-state index contributed by atoms with van der Waals surface area (Å²) in [5, 5.41) is 10.6. The first-order chi connectivity index (χ1) is 8.76. The maximum absolute atomic E-state index is 12.4. The minimum atomic E-state index is -0.175. The van der Waals surface area contributed by atoms with Gasteiger partial charge in [-0.1, -0.05) is 25.2 Å². The maximum Gasteiger partial charge on any atom is 0.265 e. The summed E-state index contributed by atoms with van der Waals surface area (Å²) in [4.78, 5) is 15.0. The molecule has 1 aliphatic rings. The van der Waals surface area contributed by atoms with Crippen LogP contribution in [0.5, 0.6) is 0 Å². The average molecular weight is 263 g/mol. The topological polar surface area (TPSA) is 40.5 Å². The third-order valence-corrected chi connectivity index (χ3v) is 4.21. The quantitative estimate of drug-likeness (QED) is 0.829. The van der Waals surface area contributed by atoms with Gasteiger partial charge in [-0.25, -0.2) is 0 Å². The number of hydrogen-bond acceptors (Lipinski definition) is 3. The fourth-order valence-corrected chi connectivity index (χ4v) is 3.02. The zero-order chi connectivity index (χ0) is 13.0. The van der Waals surface area contributed by atoms with Gasteiger partial charge in [0.2, 0.25) is 0 Å². The molecular weight excluding hydrogens is 246 g/mol. The second kappa shape index (κ2) is 6.03. The van der Waals surface area contributed by atoms with E-state index in [1.807, 2.05) is 16.3 Å². The van der Waals surface area contributed by atoms with Gasteiger partial charge in [-0.05, 0) is 23.8 Å². The van der Waals surface area contributed by atoms with Crippen molar-refractivity contribution in [3.05, 3.63) is 21.9 Å². The molecule has 4 heteroatoms. The molecule has 1 saturated heterocycles. The minimum Gasteiger partial charge on any atom is -0.384 e. The number of amides is 1. The van der Waals surface area contributed by atoms with Crippen LogP contribution in [0.3, 0.4) is 0 Å². The number of aliphatic hydroxyl groups excluding tert-OH is 1. The van der Waals surface area contributed by atoms with Crippen molar-refractivity contribution in [2.45, 2.75) is 19.8 Å². The fraction of sp³-hybridized carbons (Fsp3) is 0.500. The van der Waals surface area contributed by atoms with Gasteiger partial charge in [0, 0.05) is 18.7 Å². The van der Waals surface area contributed by atoms with Gasteiger partial charge < -0.3 is 10.0 Å². The van der Waals surface area contributed by atoms with Crippen molar-refractivity contribution in [3.63, 3.8) is 0 Å². The lowest BCUT2D eigenvalue weighted by molar-refractivity contribution is 0.0791. The Balaban J connectivity index is 2.12. The molecule has 0 aliphatic carbocycles. The van der Waals surface area contributed by atoms with Crippen molar-refractivity contribution >= 4 is 17.2 Å². The standard InChI is InChI=1S/C14H17NO2S/c1-2-11-5-7-15(10-11)14(17)13-12(4-3-8-16)6-9-18-13/h6,9,11,16H,2,5,7-8,10H2,1H3. The Morgan fingerprint density at radius 3 is 3.17 bits per heavy atom. The molecule has 1 aromatic heterocycles. The molecule has 0 bridgehead atoms. The Hall–Kier alpha value is -1.31. The molecule has 1 aliphatic heterocycles. The second-order valence-electron chi connectivity index (χ2n) is 4.44. The highest BCUT2D eigenvalue weighted by atomic mass is 32.1. The van der Waals surface area contributed by atoms with Gasteiger partial charge in [0.1, 0.15) is 11.5 Å². The SMILES string of the molecule is CCC1CCN(C(=O)c2sccc2C#CCO)C1. The monoisotopic (exact) mass is 263 g/mol. The predicted octanol–water partition coefficient (Wildman–Crippen LogP) is 1.96. The van der Waals surface area contributed by atoms with Gasteiger partial charge in [-0.3, -0.25) is 4.79 Å². The van der Waals surface area contributed by atoms with Crippen LogP contribution in [-0.4, -0.2) is 35.6 Å². The van der Waals surface area contributed by atoms with E-state index >= 15 is 0 Å². The summed E-state index contributed by atoms with van der Waals surface area (Å²) < 4.78 is 0. The van der Waals surface area contributed by atoms with Gasteiger partial charge >= 0.3 is 0 Å². The zero-order valence-electron chi connectivity index (χ0n) is 10.5. The van der Waals surface area contributed by atoms with Crippen molar-refractivity contribution < 1.29 is 9.90 Å². The normalized spacial score (nSPS) is 18.6. The van der Waals surface area contributed by atoms with Crippen molar-refractivity contribution in [2.24, 2.45) is 5.92 Å². The molecule has 1 fully saturated rings. The summed E-state index contributed by atoms with van der Waals surface area (Å²) >= 11 is 1.43. The number of nitrogens with zero attached hydrogens (tertiary/aromatic N) is 1. The van der Waals surface area contributed by atoms with Crippen LogP contribution >= 0.6 is 11.3 Å². The second-order valence-corrected chi connectivity index (χ2v) is 5.35. The number of carbonyl (C=O) groups is 1. The number of aliphatic hydroxyl groups is 1. The number of likely N-dealkylation sites (tertiary alicyclic amines) is 1. The summed E-state index contributed by atoms with van der Waals surface area (Å²) in [6, 6.07) is 1.84. The molecule has 1 amide bonds. The highest BCUT2D eigenvalue weighted by molar-refractivity contribution is 7.12. The molecular formula is C14H17NO2S. The first-order valence-corrected chi connectivity index (χ1v) is 7.10. The summed E-state index contributed by atoms with van der Waals surface area (Å²) in [6.45, 7) is 3.70. The first kappa shape index (κ1) is 13.1. The average Bonchev–Trinajstić information content (AvgIpc) is 3.04. The molecule has 96 valence electrons. The summed E-state index contributed by atoms with van der Waals surface area (Å²) in [7, 11) is 0. The molecule has 2 rings (SSSR count). The van der Waals surface area contributed by atoms with E-state index in [1.54, 1.807) is 0 Å². The zero-order valence-corrected chi connectivity index (χ0v) is 11.3. The summed E-state index contributed by atoms with van der Waals surface area (Å²) in [5.41, 5.74) is 0.735. The van der Waals surface area contributed by atoms with Crippen LogP contribution in [0, 0.1) is 17.8 Å². The molecule has 0 saturated carbocycles. The lowest BCUT2D eigenvalue weighted by Crippen LogP contribution is -2.28. The van der Waals surface area contributed by atoms with Crippen LogP contribution in [-0.2, 0) is 0 Å². The number of thiophene rings is 1. The van der Waals surface area contributed by atoms with E-state index in [0.717, 1.165) is 31.5 Å². The summed E-state index contributed by atoms with van der Waals surface area (Å²) in [5.74, 6) is 6.16. The number of hydrogen-bond donors (Lipinski definition) is 1. The van der Waals surface area contributed by atoms with Gasteiger partial charge in [0.25, 0.3) is 5.91 Å². The Morgan fingerprint density at radius 2 is 2.50 bits per heavy atom. The molecule has 1 aromatic rings. The first-order valence-electron chi connectivity index (χ1n) is 6.22. The Morgan fingerprint density at radius 1 is 1.67 bits per heavy atom. The van der Waals surface area contributed by atoms with Gasteiger partial charge in [0.05, 0.1) is 0 Å². The Labute approximate surface area is 111 Å². The maximum atomic E-state index is 12.4. The highest BCUT2D eigenvalue weighted by Crippen LogP contribution is 2.24. The molecule has 1 N–H and O–H groups in total. The lowest BCUT2D eigenvalue weighted by Gasteiger charge is -2.15. The minimum absolute atomic E-state index is 0.0863. The molecule has 2 heterocycles. The van der Waals surface area contributed by atoms with E-state index in [1.165, 1.54) is 11.3 Å². The van der Waals surface area contributed by atoms with Crippen LogP contribution in [0.15, 0.2) is 11.4 Å². The van der Waals surface area contributed by atoms with E-state index in [9.17, 15) is 4.79 Å².